The lowest BCUT2D eigenvalue weighted by molar-refractivity contribution is 0.565. The smallest absolute Gasteiger partial charge is 0.0972 e. The molecule has 0 saturated carbocycles. The summed E-state index contributed by atoms with van der Waals surface area (Å²) in [5.74, 6) is 0.384. The zero-order valence-corrected chi connectivity index (χ0v) is 10.5. The molecule has 0 saturated heterocycles. The topological polar surface area (TPSA) is 38.9 Å². The molecular formula is C11H20N2S. The van der Waals surface area contributed by atoms with Gasteiger partial charge in [-0.3, -0.25) is 0 Å². The van der Waals surface area contributed by atoms with E-state index in [-0.39, 0.29) is 5.41 Å². The fraction of sp³-hybridized carbons (Fsp3) is 0.727. The molecule has 1 aromatic heterocycles. The van der Waals surface area contributed by atoms with Crippen molar-refractivity contribution < 1.29 is 0 Å². The van der Waals surface area contributed by atoms with Crippen molar-refractivity contribution in [1.82, 2.24) is 4.98 Å². The summed E-state index contributed by atoms with van der Waals surface area (Å²) in [6.45, 7) is 11.6. The Morgan fingerprint density at radius 3 is 2.36 bits per heavy atom. The van der Waals surface area contributed by atoms with Gasteiger partial charge in [-0.25, -0.2) is 4.98 Å². The van der Waals surface area contributed by atoms with Gasteiger partial charge in [0.15, 0.2) is 0 Å². The van der Waals surface area contributed by atoms with Crippen molar-refractivity contribution in [1.29, 1.82) is 0 Å². The third-order valence-corrected chi connectivity index (χ3v) is 3.50. The van der Waals surface area contributed by atoms with Crippen LogP contribution in [0.25, 0.3) is 0 Å². The summed E-state index contributed by atoms with van der Waals surface area (Å²) in [6, 6.07) is 0. The van der Waals surface area contributed by atoms with Gasteiger partial charge in [-0.1, -0.05) is 27.7 Å². The van der Waals surface area contributed by atoms with Crippen molar-refractivity contribution >= 4 is 11.3 Å². The van der Waals surface area contributed by atoms with E-state index in [0.717, 1.165) is 0 Å². The first-order valence-electron chi connectivity index (χ1n) is 5.04. The van der Waals surface area contributed by atoms with Crippen molar-refractivity contribution in [2.75, 3.05) is 6.54 Å². The third-order valence-electron chi connectivity index (χ3n) is 2.30. The van der Waals surface area contributed by atoms with Gasteiger partial charge in [-0.2, -0.15) is 0 Å². The summed E-state index contributed by atoms with van der Waals surface area (Å²) in [6.07, 6.45) is 0. The van der Waals surface area contributed by atoms with Crippen LogP contribution in [0.4, 0.5) is 0 Å². The summed E-state index contributed by atoms with van der Waals surface area (Å²) in [4.78, 5) is 6.02. The summed E-state index contributed by atoms with van der Waals surface area (Å²) < 4.78 is 0. The molecule has 1 rings (SSSR count). The number of thiazole rings is 1. The average molecular weight is 212 g/mol. The van der Waals surface area contributed by atoms with Crippen LogP contribution in [0.3, 0.4) is 0 Å². The maximum atomic E-state index is 5.64. The molecule has 0 fully saturated rings. The van der Waals surface area contributed by atoms with Crippen LogP contribution in [0.5, 0.6) is 0 Å². The van der Waals surface area contributed by atoms with E-state index < -0.39 is 0 Å². The summed E-state index contributed by atoms with van der Waals surface area (Å²) in [7, 11) is 0. The molecule has 0 spiro atoms. The van der Waals surface area contributed by atoms with Crippen LogP contribution in [-0.2, 0) is 5.41 Å². The highest BCUT2D eigenvalue weighted by atomic mass is 32.1. The minimum Gasteiger partial charge on any atom is -0.330 e. The van der Waals surface area contributed by atoms with E-state index in [1.165, 1.54) is 15.6 Å². The van der Waals surface area contributed by atoms with Crippen LogP contribution in [0, 0.1) is 6.92 Å². The molecule has 1 aromatic rings. The first kappa shape index (κ1) is 11.7. The van der Waals surface area contributed by atoms with Gasteiger partial charge in [0.25, 0.3) is 0 Å². The standard InChI is InChI=1S/C11H20N2S/c1-7(6-12)10-13-9(8(2)14-10)11(3,4)5/h7H,6,12H2,1-5H3. The van der Waals surface area contributed by atoms with Crippen molar-refractivity contribution in [3.05, 3.63) is 15.6 Å². The number of nitrogens with two attached hydrogens (primary N) is 1. The molecule has 14 heavy (non-hydrogen) atoms. The maximum absolute atomic E-state index is 5.64. The van der Waals surface area contributed by atoms with Crippen LogP contribution >= 0.6 is 11.3 Å². The zero-order valence-electron chi connectivity index (χ0n) is 9.72. The SMILES string of the molecule is Cc1sc(C(C)CN)nc1C(C)(C)C. The molecule has 1 unspecified atom stereocenters. The van der Waals surface area contributed by atoms with Crippen molar-refractivity contribution in [2.24, 2.45) is 5.73 Å². The second-order valence-electron chi connectivity index (χ2n) is 4.84. The highest BCUT2D eigenvalue weighted by Gasteiger charge is 2.22. The zero-order chi connectivity index (χ0) is 10.9. The molecule has 2 nitrogen and oxygen atoms in total. The van der Waals surface area contributed by atoms with Crippen LogP contribution < -0.4 is 5.73 Å². The van der Waals surface area contributed by atoms with Gasteiger partial charge in [0.1, 0.15) is 0 Å². The third kappa shape index (κ3) is 2.34. The summed E-state index contributed by atoms with van der Waals surface area (Å²) >= 11 is 1.78. The molecule has 1 atom stereocenters. The quantitative estimate of drug-likeness (QED) is 0.818. The lowest BCUT2D eigenvalue weighted by Gasteiger charge is -2.16. The van der Waals surface area contributed by atoms with Gasteiger partial charge in [-0.15, -0.1) is 11.3 Å². The molecule has 0 aromatic carbocycles. The Morgan fingerprint density at radius 2 is 2.00 bits per heavy atom. The van der Waals surface area contributed by atoms with Crippen LogP contribution in [0.1, 0.15) is 49.2 Å². The Hall–Kier alpha value is -0.410. The molecular weight excluding hydrogens is 192 g/mol. The van der Waals surface area contributed by atoms with E-state index in [1.807, 2.05) is 0 Å². The van der Waals surface area contributed by atoms with Crippen molar-refractivity contribution in [3.63, 3.8) is 0 Å². The first-order chi connectivity index (χ1) is 6.36. The molecule has 80 valence electrons. The van der Waals surface area contributed by atoms with Crippen LogP contribution in [-0.4, -0.2) is 11.5 Å². The molecule has 0 bridgehead atoms. The fourth-order valence-electron chi connectivity index (χ4n) is 1.42. The number of hydrogen-bond donors (Lipinski definition) is 1. The minimum atomic E-state index is 0.146. The Balaban J connectivity index is 3.05. The van der Waals surface area contributed by atoms with E-state index in [4.69, 9.17) is 10.7 Å². The second kappa shape index (κ2) is 3.99. The summed E-state index contributed by atoms with van der Waals surface area (Å²) in [5, 5.41) is 1.18. The lowest BCUT2D eigenvalue weighted by Crippen LogP contribution is -2.14. The fourth-order valence-corrected chi connectivity index (χ4v) is 2.62. The largest absolute Gasteiger partial charge is 0.330 e. The van der Waals surface area contributed by atoms with E-state index in [1.54, 1.807) is 11.3 Å². The normalized spacial score (nSPS) is 14.4. The van der Waals surface area contributed by atoms with Gasteiger partial charge in [-0.05, 0) is 6.92 Å². The monoisotopic (exact) mass is 212 g/mol. The molecule has 0 aliphatic rings. The highest BCUT2D eigenvalue weighted by Crippen LogP contribution is 2.31. The molecule has 0 aliphatic heterocycles. The Morgan fingerprint density at radius 1 is 1.43 bits per heavy atom. The molecule has 0 amide bonds. The van der Waals surface area contributed by atoms with Gasteiger partial charge in [0.05, 0.1) is 10.7 Å². The summed E-state index contributed by atoms with van der Waals surface area (Å²) in [5.41, 5.74) is 7.01. The van der Waals surface area contributed by atoms with Crippen LogP contribution in [0.2, 0.25) is 0 Å². The van der Waals surface area contributed by atoms with Gasteiger partial charge >= 0.3 is 0 Å². The molecule has 3 heteroatoms. The second-order valence-corrected chi connectivity index (χ2v) is 6.08. The first-order valence-corrected chi connectivity index (χ1v) is 5.85. The van der Waals surface area contributed by atoms with E-state index >= 15 is 0 Å². The molecule has 0 aliphatic carbocycles. The number of aromatic nitrogens is 1. The maximum Gasteiger partial charge on any atom is 0.0972 e. The minimum absolute atomic E-state index is 0.146. The van der Waals surface area contributed by atoms with Crippen molar-refractivity contribution in [3.8, 4) is 0 Å². The number of nitrogens with zero attached hydrogens (tertiary/aromatic N) is 1. The Bertz CT molecular complexity index is 310. The molecule has 2 N–H and O–H groups in total. The van der Waals surface area contributed by atoms with Crippen LogP contribution in [0.15, 0.2) is 0 Å². The number of rotatable bonds is 2. The Kier molecular flexibility index (Phi) is 3.32. The lowest BCUT2D eigenvalue weighted by atomic mass is 9.91. The van der Waals surface area contributed by atoms with Gasteiger partial charge < -0.3 is 5.73 Å². The van der Waals surface area contributed by atoms with E-state index in [2.05, 4.69) is 34.6 Å². The molecule has 0 radical (unpaired) electrons. The van der Waals surface area contributed by atoms with E-state index in [9.17, 15) is 0 Å². The molecule has 1 heterocycles. The number of aryl methyl sites for hydroxylation is 1. The predicted octanol–water partition coefficient (Wildman–Crippen LogP) is 2.81. The predicted molar refractivity (Wildman–Crippen MR) is 63.0 cm³/mol. The van der Waals surface area contributed by atoms with Crippen molar-refractivity contribution in [2.45, 2.75) is 46.0 Å². The van der Waals surface area contributed by atoms with Gasteiger partial charge in [0, 0.05) is 22.8 Å². The number of hydrogen-bond acceptors (Lipinski definition) is 3. The average Bonchev–Trinajstić information content (AvgIpc) is 2.45. The Labute approximate surface area is 90.6 Å². The highest BCUT2D eigenvalue weighted by molar-refractivity contribution is 7.11. The van der Waals surface area contributed by atoms with Gasteiger partial charge in [0.2, 0.25) is 0 Å². The van der Waals surface area contributed by atoms with E-state index in [0.29, 0.717) is 12.5 Å².